The third kappa shape index (κ3) is 24.9. The van der Waals surface area contributed by atoms with Crippen LogP contribution in [0.3, 0.4) is 0 Å². The van der Waals surface area contributed by atoms with Crippen LogP contribution in [0.5, 0.6) is 0 Å². The van der Waals surface area contributed by atoms with Gasteiger partial charge in [-0.15, -0.1) is 29.6 Å². The predicted molar refractivity (Wildman–Crippen MR) is 361 cm³/mol. The van der Waals surface area contributed by atoms with Crippen LogP contribution in [0.4, 0.5) is 0 Å². The fourth-order valence-corrected chi connectivity index (χ4v) is 8.99. The highest BCUT2D eigenvalue weighted by Crippen LogP contribution is 2.38. The van der Waals surface area contributed by atoms with Crippen LogP contribution < -0.4 is 0 Å². The Balaban J connectivity index is 0.000000575. The number of rotatable bonds is 20. The van der Waals surface area contributed by atoms with Gasteiger partial charge in [0, 0.05) is 37.2 Å². The summed E-state index contributed by atoms with van der Waals surface area (Å²) in [6.07, 6.45) is 6.60. The molecule has 7 atom stereocenters. The first-order valence-corrected chi connectivity index (χ1v) is 33.0. The average Bonchev–Trinajstić information content (AvgIpc) is 1.12. The van der Waals surface area contributed by atoms with Crippen molar-refractivity contribution in [2.45, 2.75) is 259 Å². The van der Waals surface area contributed by atoms with Crippen LogP contribution in [0.25, 0.3) is 0 Å². The minimum absolute atomic E-state index is 0.160. The number of cyclic esters (lactones) is 1. The molecule has 5 rings (SSSR count). The van der Waals surface area contributed by atoms with Crippen molar-refractivity contribution in [3.8, 4) is 59.2 Å². The van der Waals surface area contributed by atoms with E-state index in [0.29, 0.717) is 26.2 Å². The number of hydrogen-bond donors (Lipinski definition) is 0. The molecule has 4 fully saturated rings. The van der Waals surface area contributed by atoms with Crippen molar-refractivity contribution in [1.82, 2.24) is 0 Å². The highest BCUT2D eigenvalue weighted by molar-refractivity contribution is 5.79. The molecular weight excluding hydrogens is 1160 g/mol. The van der Waals surface area contributed by atoms with E-state index in [1.54, 1.807) is 41.5 Å². The zero-order valence-electron chi connectivity index (χ0n) is 61.1. The van der Waals surface area contributed by atoms with E-state index in [1.807, 2.05) is 162 Å². The van der Waals surface area contributed by atoms with Crippen LogP contribution in [0, 0.1) is 110 Å². The van der Waals surface area contributed by atoms with Gasteiger partial charge in [-0.05, 0) is 190 Å². The molecule has 0 saturated carbocycles. The Morgan fingerprint density at radius 1 is 0.391 bits per heavy atom. The third-order valence-electron chi connectivity index (χ3n) is 18.6. The molecule has 4 aliphatic heterocycles. The molecule has 15 heteroatoms. The van der Waals surface area contributed by atoms with Gasteiger partial charge in [-0.1, -0.05) is 94.6 Å². The van der Waals surface area contributed by atoms with E-state index in [-0.39, 0.29) is 72.5 Å². The summed E-state index contributed by atoms with van der Waals surface area (Å²) in [4.78, 5) is 72.3. The van der Waals surface area contributed by atoms with Crippen LogP contribution >= 0.6 is 0 Å². The van der Waals surface area contributed by atoms with E-state index in [2.05, 4.69) is 59.2 Å². The second-order valence-electron chi connectivity index (χ2n) is 28.1. The summed E-state index contributed by atoms with van der Waals surface area (Å²) in [6, 6.07) is 9.63. The van der Waals surface area contributed by atoms with Crippen molar-refractivity contribution >= 4 is 35.8 Å². The van der Waals surface area contributed by atoms with Crippen LogP contribution in [0.15, 0.2) is 30.3 Å². The first kappa shape index (κ1) is 83.7. The first-order chi connectivity index (χ1) is 42.7. The predicted octanol–water partition coefficient (Wildman–Crippen LogP) is 14.6. The maximum Gasteiger partial charge on any atom is 0.313 e. The number of ether oxygens (including phenoxy) is 9. The summed E-state index contributed by atoms with van der Waals surface area (Å²) in [7, 11) is 0. The zero-order chi connectivity index (χ0) is 70.6. The fourth-order valence-electron chi connectivity index (χ4n) is 8.99. The topological polar surface area (TPSA) is 185 Å². The van der Waals surface area contributed by atoms with Gasteiger partial charge in [-0.3, -0.25) is 28.8 Å². The standard InChI is InChI=1S/C17H22O2.C16H26O3.C15H22O4.C15H24O3.C14H22O3/c1-6-13-17(5,14-11-9-8-10-12-14)19-15(18)16(3,4)7-2;1-6-10-16(5,13-8-11-18-12-9-13)19-14(17)15(3,4)7-2;1-6-8-15(5,11-9-12(16)18-10-11)19-13(17)14(3,4)7-2;1-6-9-15(5,12-8-10-17-11-12)18-13(16)14(3,4)7-2;1-6-8-14(5,11-9-16-10-11)17-12(15)13(3,4)7-2/h8-12H,7H2,1-5H3;13H,7-9,11-12H2,1-5H3;11H,7,9-10H2,1-5H3;12H,7-8,10-11H2,1-5H3;11H,7,9-10H2,1-5H3. The quantitative estimate of drug-likeness (QED) is 0.0681. The Kier molecular flexibility index (Phi) is 33.7. The van der Waals surface area contributed by atoms with Crippen molar-refractivity contribution in [2.75, 3.05) is 46.2 Å². The molecule has 514 valence electrons. The van der Waals surface area contributed by atoms with Crippen LogP contribution in [-0.4, -0.2) is 104 Å². The van der Waals surface area contributed by atoms with E-state index in [9.17, 15) is 28.8 Å². The molecule has 0 aliphatic carbocycles. The van der Waals surface area contributed by atoms with Crippen molar-refractivity contribution < 1.29 is 71.4 Å². The molecule has 4 aliphatic rings. The maximum absolute atomic E-state index is 12.3. The lowest BCUT2D eigenvalue weighted by molar-refractivity contribution is -0.183. The largest absolute Gasteiger partial charge is 0.465 e. The van der Waals surface area contributed by atoms with E-state index >= 15 is 0 Å². The SMILES string of the molecule is CC#CC(C)(OC(=O)C(C)(C)CC)C1CCOC1.CC#CC(C)(OC(=O)C(C)(C)CC)C1CCOCC1.CC#CC(C)(OC(=O)C(C)(C)CC)C1COC(=O)C1.CC#CC(C)(OC(=O)C(C)(C)CC)C1COC1.CC#CC(C)(OC(=O)C(C)(C)CC)c1ccccc1. The van der Waals surface area contributed by atoms with Gasteiger partial charge < -0.3 is 42.6 Å². The van der Waals surface area contributed by atoms with Crippen LogP contribution in [-0.2, 0) is 77.0 Å². The molecular formula is C77H116O15. The molecule has 4 heterocycles. The van der Waals surface area contributed by atoms with Gasteiger partial charge in [-0.25, -0.2) is 0 Å². The van der Waals surface area contributed by atoms with Gasteiger partial charge in [0.1, 0.15) is 0 Å². The van der Waals surface area contributed by atoms with Gasteiger partial charge in [-0.2, -0.15) is 0 Å². The molecule has 0 amide bonds. The highest BCUT2D eigenvalue weighted by atomic mass is 16.6. The molecule has 0 aromatic heterocycles. The van der Waals surface area contributed by atoms with Gasteiger partial charge >= 0.3 is 35.8 Å². The summed E-state index contributed by atoms with van der Waals surface area (Å²) < 4.78 is 49.4. The first-order valence-electron chi connectivity index (χ1n) is 33.0. The summed E-state index contributed by atoms with van der Waals surface area (Å²) in [5.74, 6) is 28.5. The monoisotopic (exact) mass is 1280 g/mol. The molecule has 0 radical (unpaired) electrons. The van der Waals surface area contributed by atoms with Crippen molar-refractivity contribution in [1.29, 1.82) is 0 Å². The Bertz CT molecular complexity index is 2900. The van der Waals surface area contributed by atoms with Gasteiger partial charge in [0.25, 0.3) is 0 Å². The van der Waals surface area contributed by atoms with E-state index in [1.165, 1.54) is 0 Å². The third-order valence-corrected chi connectivity index (χ3v) is 18.6. The molecule has 0 bridgehead atoms. The maximum atomic E-state index is 12.3. The molecule has 0 N–H and O–H groups in total. The van der Waals surface area contributed by atoms with Gasteiger partial charge in [0.2, 0.25) is 0 Å². The van der Waals surface area contributed by atoms with Gasteiger partial charge in [0.05, 0.1) is 71.8 Å². The minimum Gasteiger partial charge on any atom is -0.465 e. The number of carbonyl (C=O) groups excluding carboxylic acids is 6. The van der Waals surface area contributed by atoms with E-state index in [0.717, 1.165) is 70.3 Å². The van der Waals surface area contributed by atoms with Gasteiger partial charge in [0.15, 0.2) is 28.0 Å². The van der Waals surface area contributed by atoms with Crippen molar-refractivity contribution in [2.24, 2.45) is 50.7 Å². The lowest BCUT2D eigenvalue weighted by Gasteiger charge is -2.39. The Morgan fingerprint density at radius 3 is 0.989 bits per heavy atom. The second kappa shape index (κ2) is 37.0. The minimum atomic E-state index is -0.968. The number of esters is 6. The number of carbonyl (C=O) groups is 6. The van der Waals surface area contributed by atoms with E-state index in [4.69, 9.17) is 42.6 Å². The normalized spacial score (nSPS) is 19.6. The molecule has 7 unspecified atom stereocenters. The van der Waals surface area contributed by atoms with E-state index < -0.39 is 55.1 Å². The lowest BCUT2D eigenvalue weighted by atomic mass is 9.82. The molecule has 1 aromatic carbocycles. The molecule has 15 nitrogen and oxygen atoms in total. The molecule has 4 saturated heterocycles. The Hall–Kier alpha value is -6.28. The summed E-state index contributed by atoms with van der Waals surface area (Å²) >= 11 is 0. The Morgan fingerprint density at radius 2 is 0.696 bits per heavy atom. The van der Waals surface area contributed by atoms with Crippen molar-refractivity contribution in [3.05, 3.63) is 35.9 Å². The average molecular weight is 1280 g/mol. The zero-order valence-corrected chi connectivity index (χ0v) is 61.1. The summed E-state index contributed by atoms with van der Waals surface area (Å²) in [5.41, 5.74) is -5.52. The van der Waals surface area contributed by atoms with Crippen LogP contribution in [0.1, 0.15) is 236 Å². The fraction of sp³-hybridized carbons (Fsp3) is 0.714. The molecule has 1 aromatic rings. The van der Waals surface area contributed by atoms with Crippen molar-refractivity contribution in [3.63, 3.8) is 0 Å². The summed E-state index contributed by atoms with van der Waals surface area (Å²) in [5, 5.41) is 0. The smallest absolute Gasteiger partial charge is 0.313 e. The number of benzene rings is 1. The lowest BCUT2D eigenvalue weighted by Crippen LogP contribution is -2.50. The Labute approximate surface area is 555 Å². The summed E-state index contributed by atoms with van der Waals surface area (Å²) in [6.45, 7) is 51.1. The number of hydrogen-bond acceptors (Lipinski definition) is 15. The molecule has 0 spiro atoms. The second-order valence-corrected chi connectivity index (χ2v) is 28.1. The highest BCUT2D eigenvalue weighted by Gasteiger charge is 2.47. The van der Waals surface area contributed by atoms with Crippen LogP contribution in [0.2, 0.25) is 0 Å². The molecule has 92 heavy (non-hydrogen) atoms.